The van der Waals surface area contributed by atoms with Gasteiger partial charge in [0, 0.05) is 0 Å². The van der Waals surface area contributed by atoms with Crippen molar-refractivity contribution >= 4 is 55.3 Å². The third-order valence-corrected chi connectivity index (χ3v) is 17.6. The molecule has 0 saturated heterocycles. The summed E-state index contributed by atoms with van der Waals surface area (Å²) in [5, 5.41) is 0. The summed E-state index contributed by atoms with van der Waals surface area (Å²) >= 11 is -1.45. The van der Waals surface area contributed by atoms with Gasteiger partial charge in [-0.05, 0) is 24.3 Å². The van der Waals surface area contributed by atoms with Crippen molar-refractivity contribution in [3.8, 4) is 11.5 Å². The second-order valence-corrected chi connectivity index (χ2v) is 22.8. The number of hydrogen-bond donors (Lipinski definition) is 0. The summed E-state index contributed by atoms with van der Waals surface area (Å²) in [5.74, 6) is 1.81. The normalized spacial score (nSPS) is 13.1. The van der Waals surface area contributed by atoms with Gasteiger partial charge < -0.3 is 0 Å². The Morgan fingerprint density at radius 2 is 0.500 bits per heavy atom. The first kappa shape index (κ1) is 65.8. The van der Waals surface area contributed by atoms with Gasteiger partial charge in [0.25, 0.3) is 0 Å². The summed E-state index contributed by atoms with van der Waals surface area (Å²) in [6.45, 7) is 1.02. The topological polar surface area (TPSA) is 18.5 Å². The van der Waals surface area contributed by atoms with Gasteiger partial charge in [0.1, 0.15) is 6.15 Å². The van der Waals surface area contributed by atoms with Crippen LogP contribution < -0.4 is 44.7 Å². The molecule has 86 heavy (non-hydrogen) atoms. The molecule has 0 heterocycles. The van der Waals surface area contributed by atoms with Gasteiger partial charge in [0.15, 0.2) is 0 Å². The van der Waals surface area contributed by atoms with Gasteiger partial charge in [0.2, 0.25) is 0 Å². The molecule has 8 aromatic rings. The molecule has 8 aromatic carbocycles. The van der Waals surface area contributed by atoms with E-state index in [1.807, 2.05) is 36.4 Å². The predicted octanol–water partition coefficient (Wildman–Crippen LogP) is 14.9. The van der Waals surface area contributed by atoms with Crippen molar-refractivity contribution in [1.29, 1.82) is 0 Å². The second-order valence-electron chi connectivity index (χ2n) is 18.6. The Morgan fingerprint density at radius 3 is 0.767 bits per heavy atom. The Balaban J connectivity index is 0.000000302. The van der Waals surface area contributed by atoms with Crippen molar-refractivity contribution in [2.24, 2.45) is 0 Å². The molecular weight excluding hydrogens is 1270 g/mol. The Morgan fingerprint density at radius 1 is 0.267 bits per heavy atom. The third kappa shape index (κ3) is 15.6. The van der Waals surface area contributed by atoms with Crippen LogP contribution in [0.25, 0.3) is 0 Å². The van der Waals surface area contributed by atoms with E-state index < -0.39 is 209 Å². The quantitative estimate of drug-likeness (QED) is 0.0689. The molecule has 0 N–H and O–H groups in total. The van der Waals surface area contributed by atoms with Gasteiger partial charge in [-0.15, -0.1) is 0 Å². The molecule has 2 nitrogen and oxygen atoms in total. The van der Waals surface area contributed by atoms with Crippen molar-refractivity contribution < 1.29 is 115 Å². The van der Waals surface area contributed by atoms with Crippen molar-refractivity contribution in [2.45, 2.75) is 49.4 Å². The van der Waals surface area contributed by atoms with Gasteiger partial charge in [-0.3, -0.25) is 0 Å². The number of halogens is 24. The summed E-state index contributed by atoms with van der Waals surface area (Å²) < 4.78 is 357. The molecule has 0 aliphatic carbocycles. The molecule has 0 spiro atoms. The minimum absolute atomic E-state index is 0.508. The first-order chi connectivity index (χ1) is 39.7. The fourth-order valence-electron chi connectivity index (χ4n) is 9.14. The molecule has 0 aliphatic rings. The molecule has 0 saturated carbocycles. The van der Waals surface area contributed by atoms with Crippen LogP contribution in [-0.2, 0) is 49.4 Å². The number of para-hydroxylation sites is 2. The van der Waals surface area contributed by atoms with E-state index in [9.17, 15) is 105 Å². The molecule has 0 atom stereocenters. The first-order valence-corrected chi connectivity index (χ1v) is 26.8. The van der Waals surface area contributed by atoms with E-state index in [2.05, 4.69) is 78.9 Å². The van der Waals surface area contributed by atoms with Crippen LogP contribution >= 0.6 is 0 Å². The van der Waals surface area contributed by atoms with Crippen LogP contribution in [0.15, 0.2) is 188 Å². The third-order valence-electron chi connectivity index (χ3n) is 12.8. The van der Waals surface area contributed by atoms with E-state index in [1.54, 1.807) is 0 Å². The van der Waals surface area contributed by atoms with Crippen molar-refractivity contribution in [3.05, 3.63) is 233 Å². The summed E-state index contributed by atoms with van der Waals surface area (Å²) in [5.41, 5.74) is -30.2. The average Bonchev–Trinajstić information content (AvgIpc) is 0.719. The Kier molecular flexibility index (Phi) is 18.8. The van der Waals surface area contributed by atoms with E-state index in [1.165, 1.54) is 13.4 Å². The molecule has 456 valence electrons. The number of hydrogen-bond acceptors (Lipinski definition) is 2. The number of rotatable bonds is 12. The molecule has 0 bridgehead atoms. The zero-order valence-electron chi connectivity index (χ0n) is 42.7. The Hall–Kier alpha value is -7.74. The molecule has 28 heteroatoms. The van der Waals surface area contributed by atoms with Crippen LogP contribution in [0.2, 0.25) is 0 Å². The summed E-state index contributed by atoms with van der Waals surface area (Å²) in [4.78, 5) is 0. The molecule has 0 unspecified atom stereocenters. The zero-order valence-corrected chi connectivity index (χ0v) is 44.4. The van der Waals surface area contributed by atoms with Crippen molar-refractivity contribution in [1.82, 2.24) is 0 Å². The Labute approximate surface area is 475 Å². The van der Waals surface area contributed by atoms with Crippen molar-refractivity contribution in [2.75, 3.05) is 13.2 Å². The fraction of sp³-hybridized carbons (Fsp3) is 0.172. The second kappa shape index (κ2) is 24.6. The molecular formula is C58H35BF24O2Se. The van der Waals surface area contributed by atoms with Crippen LogP contribution in [0.3, 0.4) is 0 Å². The number of alkyl halides is 24. The summed E-state index contributed by atoms with van der Waals surface area (Å²) in [6.07, 6.45) is -54.8. The molecule has 8 rings (SSSR count). The van der Waals surface area contributed by atoms with E-state index in [0.717, 1.165) is 11.5 Å². The predicted molar refractivity (Wildman–Crippen MR) is 271 cm³/mol. The molecule has 0 radical (unpaired) electrons. The summed E-state index contributed by atoms with van der Waals surface area (Å²) in [7, 11) is 0. The Bertz CT molecular complexity index is 3130. The average molecular weight is 1310 g/mol. The van der Waals surface area contributed by atoms with E-state index in [0.29, 0.717) is 13.2 Å². The van der Waals surface area contributed by atoms with Crippen LogP contribution in [0.4, 0.5) is 105 Å². The SMILES string of the molecule is FC(F)(F)c1cc([B-](c2cc(C(F)(F)F)cc(C(F)(F)F)c2)(c2cc(C(F)(F)F)cc(C(F)(F)F)c2)c2cc(C(F)(F)F)cc(C(F)(F)F)c2)cc(C(F)(F)F)c1.c1ccc(OCCOc2ccccc2[Se+](c2ccccc2)c2ccccc2)cc1. The van der Waals surface area contributed by atoms with E-state index in [-0.39, 0.29) is 0 Å². The fourth-order valence-corrected chi connectivity index (χ4v) is 13.7. The molecule has 0 aromatic heterocycles. The molecule has 0 aliphatic heterocycles. The zero-order chi connectivity index (χ0) is 63.6. The van der Waals surface area contributed by atoms with E-state index in [4.69, 9.17) is 9.47 Å². The number of ether oxygens (including phenoxy) is 2. The van der Waals surface area contributed by atoms with Gasteiger partial charge in [-0.2, -0.15) is 127 Å². The van der Waals surface area contributed by atoms with Crippen LogP contribution in [0, 0.1) is 0 Å². The summed E-state index contributed by atoms with van der Waals surface area (Å²) in [6, 6.07) is 31.0. The van der Waals surface area contributed by atoms with Gasteiger partial charge in [-0.25, -0.2) is 0 Å². The van der Waals surface area contributed by atoms with Crippen LogP contribution in [-0.4, -0.2) is 33.3 Å². The maximum absolute atomic E-state index is 14.2. The van der Waals surface area contributed by atoms with Gasteiger partial charge >= 0.3 is 226 Å². The minimum atomic E-state index is -6.13. The molecule has 0 fully saturated rings. The van der Waals surface area contributed by atoms with E-state index >= 15 is 0 Å². The molecule has 0 amide bonds. The van der Waals surface area contributed by atoms with Crippen molar-refractivity contribution in [3.63, 3.8) is 0 Å². The first-order valence-electron chi connectivity index (χ1n) is 24.3. The monoisotopic (exact) mass is 1310 g/mol. The van der Waals surface area contributed by atoms with Gasteiger partial charge in [-0.1, -0.05) is 48.5 Å². The maximum atomic E-state index is 14.2. The number of benzene rings is 8. The standard InChI is InChI=1S/C32H12BF24.C26H23O2Se/c34-25(35,36)13-1-14(26(37,38)39)6-21(5-13)33(22-7-15(27(40,41)42)2-16(8-22)28(43,44)45,23-9-17(29(46,47)48)3-18(10-23)30(49,50)51)24-11-19(31(52,53)54)4-20(12-24)32(55,56)57;1-4-12-22(13-5-1)27-20-21-28-25-18-10-11-19-26(25)29(23-14-6-2-7-15-23)24-16-8-3-9-17-24/h1-12H;1-19H,20-21H2/q-1;+1. The van der Waals surface area contributed by atoms with Gasteiger partial charge in [0.05, 0.1) is 44.5 Å². The van der Waals surface area contributed by atoms with Crippen LogP contribution in [0.1, 0.15) is 44.5 Å². The van der Waals surface area contributed by atoms with Crippen LogP contribution in [0.5, 0.6) is 11.5 Å².